The van der Waals surface area contributed by atoms with Gasteiger partial charge in [0.15, 0.2) is 17.8 Å². The van der Waals surface area contributed by atoms with Crippen molar-refractivity contribution in [2.45, 2.75) is 39.4 Å². The van der Waals surface area contributed by atoms with E-state index < -0.39 is 0 Å². The summed E-state index contributed by atoms with van der Waals surface area (Å²) < 4.78 is 21.0. The highest BCUT2D eigenvalue weighted by Gasteiger charge is 2.22. The molecule has 1 aromatic carbocycles. The first-order chi connectivity index (χ1) is 11.9. The lowest BCUT2D eigenvalue weighted by Crippen LogP contribution is -2.34. The van der Waals surface area contributed by atoms with Gasteiger partial charge in [-0.1, -0.05) is 19.9 Å². The molecule has 0 heterocycles. The van der Waals surface area contributed by atoms with E-state index >= 15 is 0 Å². The lowest BCUT2D eigenvalue weighted by molar-refractivity contribution is -0.107. The normalized spacial score (nSPS) is 11.5. The minimum atomic E-state index is -0.175. The smallest absolute Gasteiger partial charge is 0.255 e. The van der Waals surface area contributed by atoms with Gasteiger partial charge in [0, 0.05) is 20.8 Å². The van der Waals surface area contributed by atoms with Crippen LogP contribution in [0.4, 0.5) is 0 Å². The molecule has 0 saturated heterocycles. The number of rotatable bonds is 11. The van der Waals surface area contributed by atoms with E-state index in [1.54, 1.807) is 39.5 Å². The van der Waals surface area contributed by atoms with Gasteiger partial charge < -0.3 is 24.3 Å². The Bertz CT molecular complexity index is 541. The third-order valence-corrected chi connectivity index (χ3v) is 4.19. The number of ether oxygens (including phenoxy) is 4. The summed E-state index contributed by atoms with van der Waals surface area (Å²) in [5.74, 6) is 0.818. The number of para-hydroxylation sites is 1. The molecule has 0 saturated carbocycles. The quantitative estimate of drug-likeness (QED) is 0.619. The van der Waals surface area contributed by atoms with Crippen LogP contribution in [0.5, 0.6) is 11.5 Å². The van der Waals surface area contributed by atoms with Crippen LogP contribution in [0, 0.1) is 5.41 Å². The summed E-state index contributed by atoms with van der Waals surface area (Å²) in [5, 5.41) is 2.99. The van der Waals surface area contributed by atoms with Crippen molar-refractivity contribution >= 4 is 5.91 Å². The third kappa shape index (κ3) is 6.55. The van der Waals surface area contributed by atoms with Crippen molar-refractivity contribution < 1.29 is 23.7 Å². The molecule has 0 radical (unpaired) electrons. The second-order valence-corrected chi connectivity index (χ2v) is 6.68. The molecule has 6 nitrogen and oxygen atoms in total. The maximum Gasteiger partial charge on any atom is 0.255 e. The predicted molar refractivity (Wildman–Crippen MR) is 97.3 cm³/mol. The summed E-state index contributed by atoms with van der Waals surface area (Å²) in [5.41, 5.74) is 0.435. The van der Waals surface area contributed by atoms with Crippen molar-refractivity contribution in [2.24, 2.45) is 5.41 Å². The lowest BCUT2D eigenvalue weighted by atomic mass is 9.87. The molecule has 1 amide bonds. The Morgan fingerprint density at radius 1 is 1.12 bits per heavy atom. The molecule has 25 heavy (non-hydrogen) atoms. The molecular formula is C19H31NO5. The average molecular weight is 353 g/mol. The summed E-state index contributed by atoms with van der Waals surface area (Å²) in [7, 11) is 6.36. The molecule has 1 aromatic rings. The summed E-state index contributed by atoms with van der Waals surface area (Å²) in [6.45, 7) is 4.83. The fraction of sp³-hybridized carbons (Fsp3) is 0.632. The summed E-state index contributed by atoms with van der Waals surface area (Å²) in [6.07, 6.45) is 2.56. The Morgan fingerprint density at radius 2 is 1.80 bits per heavy atom. The maximum atomic E-state index is 12.5. The topological polar surface area (TPSA) is 66.0 Å². The zero-order valence-corrected chi connectivity index (χ0v) is 16.2. The first-order valence-corrected chi connectivity index (χ1v) is 8.43. The molecule has 0 spiro atoms. The van der Waals surface area contributed by atoms with Gasteiger partial charge >= 0.3 is 0 Å². The van der Waals surface area contributed by atoms with E-state index in [9.17, 15) is 4.79 Å². The van der Waals surface area contributed by atoms with Gasteiger partial charge in [-0.3, -0.25) is 4.79 Å². The van der Waals surface area contributed by atoms with E-state index in [1.165, 1.54) is 7.11 Å². The van der Waals surface area contributed by atoms with E-state index in [1.807, 2.05) is 0 Å². The fourth-order valence-electron chi connectivity index (χ4n) is 2.65. The van der Waals surface area contributed by atoms with Gasteiger partial charge in [0.25, 0.3) is 5.91 Å². The second kappa shape index (κ2) is 10.3. The predicted octanol–water partition coefficient (Wildman–Crippen LogP) is 3.25. The SMILES string of the molecule is COc1cccc(C(=O)NCC(C)(C)CCCC(OC)OC)c1OC. The van der Waals surface area contributed by atoms with E-state index in [0.29, 0.717) is 23.6 Å². The molecule has 0 aliphatic heterocycles. The highest BCUT2D eigenvalue weighted by atomic mass is 16.7. The molecule has 0 aliphatic rings. The first kappa shape index (κ1) is 21.3. The minimum Gasteiger partial charge on any atom is -0.493 e. The van der Waals surface area contributed by atoms with Crippen LogP contribution in [0.25, 0.3) is 0 Å². The van der Waals surface area contributed by atoms with Crippen molar-refractivity contribution in [1.29, 1.82) is 0 Å². The number of methoxy groups -OCH3 is 4. The van der Waals surface area contributed by atoms with Gasteiger partial charge in [0.1, 0.15) is 0 Å². The van der Waals surface area contributed by atoms with Gasteiger partial charge in [0.05, 0.1) is 19.8 Å². The molecule has 0 aromatic heterocycles. The van der Waals surface area contributed by atoms with Crippen molar-refractivity contribution in [2.75, 3.05) is 35.0 Å². The van der Waals surface area contributed by atoms with Crippen molar-refractivity contribution in [1.82, 2.24) is 5.32 Å². The average Bonchev–Trinajstić information content (AvgIpc) is 2.62. The van der Waals surface area contributed by atoms with Crippen LogP contribution in [-0.4, -0.2) is 47.2 Å². The standard InChI is InChI=1S/C19H31NO5/c1-19(2,12-8-11-16(23-4)24-5)13-20-18(21)14-9-7-10-15(22-3)17(14)25-6/h7,9-10,16H,8,11-13H2,1-6H3,(H,20,21). The highest BCUT2D eigenvalue weighted by molar-refractivity contribution is 5.97. The van der Waals surface area contributed by atoms with Gasteiger partial charge in [-0.05, 0) is 36.8 Å². The monoisotopic (exact) mass is 353 g/mol. The van der Waals surface area contributed by atoms with Crippen LogP contribution in [-0.2, 0) is 9.47 Å². The highest BCUT2D eigenvalue weighted by Crippen LogP contribution is 2.31. The lowest BCUT2D eigenvalue weighted by Gasteiger charge is -2.26. The molecule has 1 N–H and O–H groups in total. The van der Waals surface area contributed by atoms with Crippen LogP contribution in [0.15, 0.2) is 18.2 Å². The number of carbonyl (C=O) groups is 1. The Morgan fingerprint density at radius 3 is 2.36 bits per heavy atom. The Hall–Kier alpha value is -1.79. The van der Waals surface area contributed by atoms with Gasteiger partial charge in [-0.25, -0.2) is 0 Å². The van der Waals surface area contributed by atoms with Crippen molar-refractivity contribution in [3.8, 4) is 11.5 Å². The number of hydrogen-bond donors (Lipinski definition) is 1. The van der Waals surface area contributed by atoms with E-state index in [2.05, 4.69) is 19.2 Å². The number of hydrogen-bond acceptors (Lipinski definition) is 5. The Balaban J connectivity index is 2.60. The first-order valence-electron chi connectivity index (χ1n) is 8.43. The molecule has 0 aliphatic carbocycles. The van der Waals surface area contributed by atoms with Gasteiger partial charge in [-0.15, -0.1) is 0 Å². The molecule has 0 unspecified atom stereocenters. The van der Waals surface area contributed by atoms with Crippen LogP contribution in [0.2, 0.25) is 0 Å². The molecule has 1 rings (SSSR count). The van der Waals surface area contributed by atoms with Crippen molar-refractivity contribution in [3.05, 3.63) is 23.8 Å². The zero-order valence-electron chi connectivity index (χ0n) is 16.2. The van der Waals surface area contributed by atoms with E-state index in [-0.39, 0.29) is 17.6 Å². The third-order valence-electron chi connectivity index (χ3n) is 4.19. The minimum absolute atomic E-state index is 0.0339. The van der Waals surface area contributed by atoms with Crippen LogP contribution < -0.4 is 14.8 Å². The van der Waals surface area contributed by atoms with Crippen molar-refractivity contribution in [3.63, 3.8) is 0 Å². The molecule has 0 atom stereocenters. The number of nitrogens with one attached hydrogen (secondary N) is 1. The summed E-state index contributed by atoms with van der Waals surface area (Å²) >= 11 is 0. The van der Waals surface area contributed by atoms with E-state index in [4.69, 9.17) is 18.9 Å². The molecule has 6 heteroatoms. The van der Waals surface area contributed by atoms with Gasteiger partial charge in [0.2, 0.25) is 0 Å². The van der Waals surface area contributed by atoms with E-state index in [0.717, 1.165) is 19.3 Å². The Kier molecular flexibility index (Phi) is 8.72. The second-order valence-electron chi connectivity index (χ2n) is 6.68. The van der Waals surface area contributed by atoms with Gasteiger partial charge in [-0.2, -0.15) is 0 Å². The number of amides is 1. The van der Waals surface area contributed by atoms with Crippen LogP contribution in [0.1, 0.15) is 43.5 Å². The maximum absolute atomic E-state index is 12.5. The molecule has 0 fully saturated rings. The number of benzene rings is 1. The zero-order chi connectivity index (χ0) is 18.9. The van der Waals surface area contributed by atoms with Crippen LogP contribution in [0.3, 0.4) is 0 Å². The Labute approximate surface area is 150 Å². The number of carbonyl (C=O) groups excluding carboxylic acids is 1. The fourth-order valence-corrected chi connectivity index (χ4v) is 2.65. The van der Waals surface area contributed by atoms with Crippen LogP contribution >= 0.6 is 0 Å². The molecule has 142 valence electrons. The molecule has 0 bridgehead atoms. The largest absolute Gasteiger partial charge is 0.493 e. The summed E-state index contributed by atoms with van der Waals surface area (Å²) in [6, 6.07) is 5.27. The molecular weight excluding hydrogens is 322 g/mol. The summed E-state index contributed by atoms with van der Waals surface area (Å²) in [4.78, 5) is 12.5.